The zero-order chi connectivity index (χ0) is 12.1. The first-order valence-corrected chi connectivity index (χ1v) is 5.34. The zero-order valence-corrected chi connectivity index (χ0v) is 9.91. The summed E-state index contributed by atoms with van der Waals surface area (Å²) >= 11 is 0. The number of carbonyl (C=O) groups is 1. The lowest BCUT2D eigenvalue weighted by Gasteiger charge is -2.02. The van der Waals surface area contributed by atoms with Gasteiger partial charge in [0, 0.05) is 13.1 Å². The van der Waals surface area contributed by atoms with Gasteiger partial charge in [-0.2, -0.15) is 5.10 Å². The molecule has 16 heavy (non-hydrogen) atoms. The lowest BCUT2D eigenvalue weighted by molar-refractivity contribution is 0.0603. The third-order valence-corrected chi connectivity index (χ3v) is 2.16. The van der Waals surface area contributed by atoms with E-state index in [1.54, 1.807) is 4.68 Å². The molecule has 6 nitrogen and oxygen atoms in total. The van der Waals surface area contributed by atoms with Crippen molar-refractivity contribution in [3.8, 4) is 0 Å². The number of ether oxygens (including phenoxy) is 1. The van der Waals surface area contributed by atoms with Gasteiger partial charge in [-0.15, -0.1) is 0 Å². The van der Waals surface area contributed by atoms with Crippen LogP contribution in [0.3, 0.4) is 0 Å². The number of anilines is 2. The van der Waals surface area contributed by atoms with Gasteiger partial charge in [0.2, 0.25) is 0 Å². The number of nitrogens with two attached hydrogens (primary N) is 1. The Bertz CT molecular complexity index is 373. The molecule has 0 aliphatic heterocycles. The summed E-state index contributed by atoms with van der Waals surface area (Å²) in [6.45, 7) is 5.30. The fraction of sp³-hybridized carbons (Fsp3) is 0.600. The van der Waals surface area contributed by atoms with E-state index in [1.165, 1.54) is 7.11 Å². The highest BCUT2D eigenvalue weighted by molar-refractivity contribution is 5.99. The van der Waals surface area contributed by atoms with Crippen LogP contribution in [0.5, 0.6) is 0 Å². The Morgan fingerprint density at radius 3 is 2.75 bits per heavy atom. The molecule has 0 unspecified atom stereocenters. The normalized spacial score (nSPS) is 10.2. The number of hydrogen-bond donors (Lipinski definition) is 2. The number of esters is 1. The maximum absolute atomic E-state index is 11.6. The topological polar surface area (TPSA) is 82.2 Å². The van der Waals surface area contributed by atoms with Crippen LogP contribution in [0.25, 0.3) is 0 Å². The fourth-order valence-corrected chi connectivity index (χ4v) is 1.45. The van der Waals surface area contributed by atoms with Gasteiger partial charge in [0.1, 0.15) is 11.4 Å². The van der Waals surface area contributed by atoms with E-state index < -0.39 is 5.97 Å². The molecule has 0 aliphatic carbocycles. The van der Waals surface area contributed by atoms with Gasteiger partial charge in [-0.3, -0.25) is 0 Å². The third kappa shape index (κ3) is 2.26. The van der Waals surface area contributed by atoms with E-state index in [0.29, 0.717) is 30.3 Å². The Morgan fingerprint density at radius 1 is 1.56 bits per heavy atom. The maximum atomic E-state index is 11.6. The molecule has 3 N–H and O–H groups in total. The van der Waals surface area contributed by atoms with Gasteiger partial charge in [0.25, 0.3) is 0 Å². The number of aromatic nitrogens is 2. The van der Waals surface area contributed by atoms with Crippen molar-refractivity contribution in [3.63, 3.8) is 0 Å². The quantitative estimate of drug-likeness (QED) is 0.734. The first kappa shape index (κ1) is 12.4. The third-order valence-electron chi connectivity index (χ3n) is 2.16. The second kappa shape index (κ2) is 5.39. The number of nitrogen functional groups attached to an aromatic ring is 1. The highest BCUT2D eigenvalue weighted by Gasteiger charge is 2.22. The van der Waals surface area contributed by atoms with Crippen LogP contribution in [0.4, 0.5) is 11.6 Å². The van der Waals surface area contributed by atoms with Gasteiger partial charge < -0.3 is 15.8 Å². The predicted octanol–water partition coefficient (Wildman–Crippen LogP) is 1.09. The lowest BCUT2D eigenvalue weighted by atomic mass is 10.3. The zero-order valence-electron chi connectivity index (χ0n) is 9.91. The molecule has 0 saturated carbocycles. The Balaban J connectivity index is 3.14. The minimum Gasteiger partial charge on any atom is -0.465 e. The van der Waals surface area contributed by atoms with Gasteiger partial charge in [0.15, 0.2) is 5.82 Å². The van der Waals surface area contributed by atoms with E-state index >= 15 is 0 Å². The smallest absolute Gasteiger partial charge is 0.345 e. The van der Waals surface area contributed by atoms with Crippen molar-refractivity contribution in [1.82, 2.24) is 9.78 Å². The molecule has 90 valence electrons. The summed E-state index contributed by atoms with van der Waals surface area (Å²) in [5.74, 6) is 0.376. The molecule has 0 bridgehead atoms. The molecule has 1 rings (SSSR count). The van der Waals surface area contributed by atoms with Gasteiger partial charge in [-0.1, -0.05) is 6.92 Å². The van der Waals surface area contributed by atoms with Crippen molar-refractivity contribution in [1.29, 1.82) is 0 Å². The molecule has 0 aromatic carbocycles. The molecule has 0 atom stereocenters. The van der Waals surface area contributed by atoms with Crippen molar-refractivity contribution < 1.29 is 9.53 Å². The summed E-state index contributed by atoms with van der Waals surface area (Å²) in [6.07, 6.45) is 0.901. The van der Waals surface area contributed by atoms with Crippen LogP contribution in [0.2, 0.25) is 0 Å². The first-order valence-electron chi connectivity index (χ1n) is 5.34. The van der Waals surface area contributed by atoms with Crippen molar-refractivity contribution in [2.45, 2.75) is 26.8 Å². The van der Waals surface area contributed by atoms with Gasteiger partial charge in [-0.25, -0.2) is 9.48 Å². The monoisotopic (exact) mass is 226 g/mol. The van der Waals surface area contributed by atoms with Gasteiger partial charge >= 0.3 is 5.97 Å². The van der Waals surface area contributed by atoms with E-state index in [1.807, 2.05) is 13.8 Å². The molecule has 6 heteroatoms. The number of aryl methyl sites for hydroxylation is 1. The number of carbonyl (C=O) groups excluding carboxylic acids is 1. The standard InChI is InChI=1S/C10H18N4O2/c1-4-6-14-8(11)7(10(15)16-3)9(13-14)12-5-2/h4-6,11H2,1-3H3,(H,12,13). The predicted molar refractivity (Wildman–Crippen MR) is 62.4 cm³/mol. The minimum atomic E-state index is -0.462. The Labute approximate surface area is 94.8 Å². The number of methoxy groups -OCH3 is 1. The summed E-state index contributed by atoms with van der Waals surface area (Å²) < 4.78 is 6.30. The molecular formula is C10H18N4O2. The van der Waals surface area contributed by atoms with Crippen LogP contribution in [0.1, 0.15) is 30.6 Å². The Kier molecular flexibility index (Phi) is 4.16. The van der Waals surface area contributed by atoms with Gasteiger partial charge in [-0.05, 0) is 13.3 Å². The highest BCUT2D eigenvalue weighted by atomic mass is 16.5. The van der Waals surface area contributed by atoms with Crippen LogP contribution < -0.4 is 11.1 Å². The van der Waals surface area contributed by atoms with Crippen molar-refractivity contribution in [2.75, 3.05) is 24.7 Å². The molecule has 0 spiro atoms. The van der Waals surface area contributed by atoms with Crippen LogP contribution in [0.15, 0.2) is 0 Å². The van der Waals surface area contributed by atoms with Gasteiger partial charge in [0.05, 0.1) is 7.11 Å². The molecule has 0 amide bonds. The average Bonchev–Trinajstić information content (AvgIpc) is 2.56. The number of nitrogens with zero attached hydrogens (tertiary/aromatic N) is 2. The number of rotatable bonds is 5. The minimum absolute atomic E-state index is 0.317. The van der Waals surface area contributed by atoms with E-state index in [-0.39, 0.29) is 0 Å². The van der Waals surface area contributed by atoms with Crippen LogP contribution in [-0.4, -0.2) is 29.4 Å². The molecule has 0 radical (unpaired) electrons. The lowest BCUT2D eigenvalue weighted by Crippen LogP contribution is -2.09. The molecule has 0 fully saturated rings. The summed E-state index contributed by atoms with van der Waals surface area (Å²) in [6, 6.07) is 0. The van der Waals surface area contributed by atoms with E-state index in [2.05, 4.69) is 15.2 Å². The SMILES string of the molecule is CCCn1nc(NCC)c(C(=O)OC)c1N. The van der Waals surface area contributed by atoms with Crippen LogP contribution in [0, 0.1) is 0 Å². The number of nitrogens with one attached hydrogen (secondary N) is 1. The Morgan fingerprint density at radius 2 is 2.25 bits per heavy atom. The summed E-state index contributed by atoms with van der Waals surface area (Å²) in [4.78, 5) is 11.6. The maximum Gasteiger partial charge on any atom is 0.345 e. The molecule has 1 heterocycles. The van der Waals surface area contributed by atoms with E-state index in [0.717, 1.165) is 6.42 Å². The first-order chi connectivity index (χ1) is 7.65. The van der Waals surface area contributed by atoms with Crippen molar-refractivity contribution in [3.05, 3.63) is 5.56 Å². The summed E-state index contributed by atoms with van der Waals surface area (Å²) in [7, 11) is 1.33. The molecule has 0 aliphatic rings. The molecule has 1 aromatic heterocycles. The average molecular weight is 226 g/mol. The molecule has 1 aromatic rings. The Hall–Kier alpha value is -1.72. The largest absolute Gasteiger partial charge is 0.465 e. The van der Waals surface area contributed by atoms with Crippen molar-refractivity contribution >= 4 is 17.6 Å². The van der Waals surface area contributed by atoms with Crippen LogP contribution in [-0.2, 0) is 11.3 Å². The fourth-order valence-electron chi connectivity index (χ4n) is 1.45. The van der Waals surface area contributed by atoms with Crippen LogP contribution >= 0.6 is 0 Å². The molecule has 0 saturated heterocycles. The molecular weight excluding hydrogens is 208 g/mol. The summed E-state index contributed by atoms with van der Waals surface area (Å²) in [5.41, 5.74) is 6.17. The second-order valence-electron chi connectivity index (χ2n) is 3.35. The second-order valence-corrected chi connectivity index (χ2v) is 3.35. The van der Waals surface area contributed by atoms with E-state index in [4.69, 9.17) is 5.73 Å². The highest BCUT2D eigenvalue weighted by Crippen LogP contribution is 2.22. The van der Waals surface area contributed by atoms with Crippen molar-refractivity contribution in [2.24, 2.45) is 0 Å². The number of hydrogen-bond acceptors (Lipinski definition) is 5. The summed E-state index contributed by atoms with van der Waals surface area (Å²) in [5, 5.41) is 7.24. The van der Waals surface area contributed by atoms with E-state index in [9.17, 15) is 4.79 Å².